The van der Waals surface area contributed by atoms with Crippen LogP contribution in [0.2, 0.25) is 5.02 Å². The van der Waals surface area contributed by atoms with E-state index in [1.165, 1.54) is 0 Å². The Morgan fingerprint density at radius 1 is 1.27 bits per heavy atom. The quantitative estimate of drug-likeness (QED) is 0.421. The zero-order valence-corrected chi connectivity index (χ0v) is 8.29. The van der Waals surface area contributed by atoms with Crippen LogP contribution in [0.4, 0.5) is 8.78 Å². The highest BCUT2D eigenvalue weighted by Gasteiger charge is 2.06. The second-order valence-electron chi connectivity index (χ2n) is 1.99. The third-order valence-electron chi connectivity index (χ3n) is 1.23. The van der Waals surface area contributed by atoms with Gasteiger partial charge in [-0.15, -0.1) is 0 Å². The summed E-state index contributed by atoms with van der Waals surface area (Å²) in [7, 11) is 0. The first kappa shape index (κ1) is 9.19. The van der Waals surface area contributed by atoms with E-state index in [4.69, 9.17) is 11.6 Å². The Hall–Kier alpha value is 0.1000. The summed E-state index contributed by atoms with van der Waals surface area (Å²) >= 11 is 7.28. The number of rotatable bonds is 1. The average molecular weight is 288 g/mol. The van der Waals surface area contributed by atoms with Crippen LogP contribution in [0, 0.1) is 11.6 Å². The van der Waals surface area contributed by atoms with Gasteiger partial charge in [0.25, 0.3) is 0 Å². The van der Waals surface area contributed by atoms with Gasteiger partial charge >= 0.3 is 0 Å². The van der Waals surface area contributed by atoms with Gasteiger partial charge in [-0.1, -0.05) is 34.2 Å². The fourth-order valence-corrected chi connectivity index (χ4v) is 1.40. The summed E-state index contributed by atoms with van der Waals surface area (Å²) in [4.78, 5) is 0. The molecule has 0 aliphatic rings. The zero-order chi connectivity index (χ0) is 8.43. The van der Waals surface area contributed by atoms with Crippen LogP contribution >= 0.6 is 34.2 Å². The minimum Gasteiger partial charge on any atom is -0.207 e. The minimum absolute atomic E-state index is 0.170. The Morgan fingerprint density at radius 3 is 2.45 bits per heavy atom. The maximum atomic E-state index is 12.8. The number of benzene rings is 1. The molecule has 0 atom stereocenters. The summed E-state index contributed by atoms with van der Waals surface area (Å²) in [5.41, 5.74) is 0.340. The molecule has 1 aromatic carbocycles. The van der Waals surface area contributed by atoms with Crippen molar-refractivity contribution in [3.8, 4) is 0 Å². The van der Waals surface area contributed by atoms with Crippen molar-refractivity contribution in [1.82, 2.24) is 0 Å². The highest BCUT2D eigenvalue weighted by molar-refractivity contribution is 14.1. The average Bonchev–Trinajstić information content (AvgIpc) is 1.97. The predicted molar refractivity (Wildman–Crippen MR) is 49.1 cm³/mol. The summed E-state index contributed by atoms with van der Waals surface area (Å²) in [6.07, 6.45) is 0. The standard InChI is InChI=1S/C7H4ClF2I/c8-5-2-6(9)4(3-11)1-7(5)10/h1-2H,3H2. The number of hydrogen-bond donors (Lipinski definition) is 0. The van der Waals surface area contributed by atoms with E-state index in [9.17, 15) is 8.78 Å². The topological polar surface area (TPSA) is 0 Å². The van der Waals surface area contributed by atoms with Gasteiger partial charge in [0, 0.05) is 9.99 Å². The number of alkyl halides is 1. The third kappa shape index (κ3) is 2.02. The Labute approximate surface area is 81.7 Å². The van der Waals surface area contributed by atoms with Gasteiger partial charge in [-0.2, -0.15) is 0 Å². The molecular formula is C7H4ClF2I. The first-order valence-electron chi connectivity index (χ1n) is 2.84. The van der Waals surface area contributed by atoms with E-state index in [0.29, 0.717) is 9.99 Å². The fraction of sp³-hybridized carbons (Fsp3) is 0.143. The lowest BCUT2D eigenvalue weighted by Gasteiger charge is -1.99. The molecule has 0 N–H and O–H groups in total. The molecule has 0 saturated heterocycles. The second kappa shape index (κ2) is 3.67. The van der Waals surface area contributed by atoms with Gasteiger partial charge in [0.1, 0.15) is 11.6 Å². The fourth-order valence-electron chi connectivity index (χ4n) is 0.666. The van der Waals surface area contributed by atoms with E-state index in [1.807, 2.05) is 22.6 Å². The van der Waals surface area contributed by atoms with Gasteiger partial charge in [-0.05, 0) is 12.1 Å². The summed E-state index contributed by atoms with van der Waals surface area (Å²) in [5, 5.41) is -0.170. The van der Waals surface area contributed by atoms with Gasteiger partial charge in [0.2, 0.25) is 0 Å². The van der Waals surface area contributed by atoms with E-state index >= 15 is 0 Å². The van der Waals surface area contributed by atoms with Crippen molar-refractivity contribution in [2.75, 3.05) is 0 Å². The lowest BCUT2D eigenvalue weighted by molar-refractivity contribution is 0.592. The summed E-state index contributed by atoms with van der Waals surface area (Å²) in [6.45, 7) is 0. The molecular weight excluding hydrogens is 284 g/mol. The van der Waals surface area contributed by atoms with E-state index in [-0.39, 0.29) is 5.02 Å². The lowest BCUT2D eigenvalue weighted by atomic mass is 10.2. The second-order valence-corrected chi connectivity index (χ2v) is 3.16. The predicted octanol–water partition coefficient (Wildman–Crippen LogP) is 3.55. The van der Waals surface area contributed by atoms with Gasteiger partial charge in [0.05, 0.1) is 5.02 Å². The van der Waals surface area contributed by atoms with Gasteiger partial charge < -0.3 is 0 Å². The van der Waals surface area contributed by atoms with Crippen molar-refractivity contribution in [2.24, 2.45) is 0 Å². The SMILES string of the molecule is Fc1cc(CI)c(F)cc1Cl. The third-order valence-corrected chi connectivity index (χ3v) is 2.34. The molecule has 0 amide bonds. The molecule has 1 aromatic rings. The van der Waals surface area contributed by atoms with Crippen LogP contribution in [0.5, 0.6) is 0 Å². The molecule has 0 fully saturated rings. The lowest BCUT2D eigenvalue weighted by Crippen LogP contribution is -1.88. The smallest absolute Gasteiger partial charge is 0.142 e. The summed E-state index contributed by atoms with van der Waals surface area (Å²) in [5.74, 6) is -1.02. The zero-order valence-electron chi connectivity index (χ0n) is 5.37. The van der Waals surface area contributed by atoms with Gasteiger partial charge in [-0.3, -0.25) is 0 Å². The van der Waals surface area contributed by atoms with Crippen LogP contribution in [0.25, 0.3) is 0 Å². The Kier molecular flexibility index (Phi) is 3.06. The summed E-state index contributed by atoms with van der Waals surface area (Å²) < 4.78 is 25.9. The maximum Gasteiger partial charge on any atom is 0.142 e. The Balaban J connectivity index is 3.21. The van der Waals surface area contributed by atoms with Crippen molar-refractivity contribution >= 4 is 34.2 Å². The monoisotopic (exact) mass is 288 g/mol. The van der Waals surface area contributed by atoms with Crippen molar-refractivity contribution in [3.63, 3.8) is 0 Å². The maximum absolute atomic E-state index is 12.8. The molecule has 11 heavy (non-hydrogen) atoms. The molecule has 0 spiro atoms. The number of hydrogen-bond acceptors (Lipinski definition) is 0. The molecule has 0 aromatic heterocycles. The molecule has 0 aliphatic heterocycles. The Morgan fingerprint density at radius 2 is 1.91 bits per heavy atom. The van der Waals surface area contributed by atoms with Crippen LogP contribution in [0.3, 0.4) is 0 Å². The van der Waals surface area contributed by atoms with E-state index in [1.54, 1.807) is 0 Å². The van der Waals surface area contributed by atoms with Crippen LogP contribution in [0.1, 0.15) is 5.56 Å². The van der Waals surface area contributed by atoms with Crippen molar-refractivity contribution in [1.29, 1.82) is 0 Å². The molecule has 0 unspecified atom stereocenters. The van der Waals surface area contributed by atoms with E-state index in [2.05, 4.69) is 0 Å². The molecule has 0 bridgehead atoms. The molecule has 0 saturated carbocycles. The molecule has 0 nitrogen and oxygen atoms in total. The van der Waals surface area contributed by atoms with Crippen LogP contribution < -0.4 is 0 Å². The van der Waals surface area contributed by atoms with Crippen molar-refractivity contribution < 1.29 is 8.78 Å². The largest absolute Gasteiger partial charge is 0.207 e. The van der Waals surface area contributed by atoms with Crippen LogP contribution in [-0.2, 0) is 4.43 Å². The first-order chi connectivity index (χ1) is 5.15. The normalized spacial score (nSPS) is 10.2. The molecule has 60 valence electrons. The van der Waals surface area contributed by atoms with E-state index in [0.717, 1.165) is 12.1 Å². The van der Waals surface area contributed by atoms with Crippen LogP contribution in [-0.4, -0.2) is 0 Å². The first-order valence-corrected chi connectivity index (χ1v) is 4.75. The van der Waals surface area contributed by atoms with Crippen molar-refractivity contribution in [3.05, 3.63) is 34.4 Å². The van der Waals surface area contributed by atoms with E-state index < -0.39 is 11.6 Å². The molecule has 0 aliphatic carbocycles. The van der Waals surface area contributed by atoms with Gasteiger partial charge in [0.15, 0.2) is 0 Å². The molecule has 1 rings (SSSR count). The minimum atomic E-state index is -0.570. The summed E-state index contributed by atoms with van der Waals surface area (Å²) in [6, 6.07) is 2.11. The Bertz CT molecular complexity index is 275. The highest BCUT2D eigenvalue weighted by atomic mass is 127. The van der Waals surface area contributed by atoms with Gasteiger partial charge in [-0.25, -0.2) is 8.78 Å². The molecule has 4 heteroatoms. The van der Waals surface area contributed by atoms with Crippen LogP contribution in [0.15, 0.2) is 12.1 Å². The number of halogens is 4. The van der Waals surface area contributed by atoms with Crippen molar-refractivity contribution in [2.45, 2.75) is 4.43 Å². The molecule has 0 radical (unpaired) electrons. The molecule has 0 heterocycles. The highest BCUT2D eigenvalue weighted by Crippen LogP contribution is 2.20.